The van der Waals surface area contributed by atoms with Gasteiger partial charge in [0.2, 0.25) is 5.88 Å². The van der Waals surface area contributed by atoms with Crippen LogP contribution in [0.25, 0.3) is 21.5 Å². The van der Waals surface area contributed by atoms with E-state index in [0.717, 1.165) is 35.5 Å². The molecule has 0 fully saturated rings. The highest BCUT2D eigenvalue weighted by atomic mass is 32.2. The van der Waals surface area contributed by atoms with Gasteiger partial charge in [0.15, 0.2) is 16.8 Å². The standard InChI is InChI=1S/C35H34N2O4S2/c1-23-16-24(19-33-36(2)30-21-27-9-3-4-10-28(27)22-31(30)41-33)18-25(17-23)20-34-37(14-7-15-43(38,39)40)35-29-11-6-5-8-26(29)12-13-32(35)42-34/h3-6,8-13,18-23,34H,7,14-17H2,1-2H3,(H,38,39,40)/b25-20+,33-19-. The van der Waals surface area contributed by atoms with Gasteiger partial charge in [-0.05, 0) is 76.4 Å². The quantitative estimate of drug-likeness (QED) is 0.250. The van der Waals surface area contributed by atoms with Crippen LogP contribution in [-0.2, 0) is 10.1 Å². The Balaban J connectivity index is 1.20. The maximum Gasteiger partial charge on any atom is 0.200 e. The van der Waals surface area contributed by atoms with Crippen LogP contribution >= 0.6 is 11.8 Å². The van der Waals surface area contributed by atoms with Crippen LogP contribution in [0.2, 0.25) is 0 Å². The molecule has 0 bridgehead atoms. The molecule has 0 spiro atoms. The summed E-state index contributed by atoms with van der Waals surface area (Å²) in [5.41, 5.74) is 4.78. The fourth-order valence-electron chi connectivity index (χ4n) is 6.65. The Bertz CT molecular complexity index is 1950. The van der Waals surface area contributed by atoms with Crippen molar-refractivity contribution in [1.82, 2.24) is 0 Å². The summed E-state index contributed by atoms with van der Waals surface area (Å²) >= 11 is 1.82. The van der Waals surface area contributed by atoms with Crippen LogP contribution in [0.5, 0.6) is 5.75 Å². The summed E-state index contributed by atoms with van der Waals surface area (Å²) in [6, 6.07) is 25.3. The molecule has 43 heavy (non-hydrogen) atoms. The maximum absolute atomic E-state index is 11.4. The minimum Gasteiger partial charge on any atom is -0.748 e. The smallest absolute Gasteiger partial charge is 0.200 e. The SMILES string of the molecule is CC1CC(/C=C2\Oc3cc4ccccc4cc3N2C)=CC(=C/C2Sc3ccc4ccccc4c3[NH+]2CCCS(=O)(=O)[O-])/C1. The Morgan fingerprint density at radius 2 is 1.77 bits per heavy atom. The maximum atomic E-state index is 11.4. The van der Waals surface area contributed by atoms with E-state index >= 15 is 0 Å². The topological polar surface area (TPSA) is 74.1 Å². The first-order valence-corrected chi connectivity index (χ1v) is 17.2. The van der Waals surface area contributed by atoms with Gasteiger partial charge in [-0.1, -0.05) is 73.3 Å². The summed E-state index contributed by atoms with van der Waals surface area (Å²) in [6.07, 6.45) is 9.09. The Hall–Kier alpha value is -3.56. The predicted molar refractivity (Wildman–Crippen MR) is 174 cm³/mol. The number of allylic oxidation sites excluding steroid dienone is 4. The zero-order chi connectivity index (χ0) is 29.7. The van der Waals surface area contributed by atoms with Gasteiger partial charge in [0, 0.05) is 30.7 Å². The Labute approximate surface area is 257 Å². The molecule has 0 aromatic heterocycles. The molecule has 0 amide bonds. The summed E-state index contributed by atoms with van der Waals surface area (Å²) in [5, 5.41) is 4.78. The first kappa shape index (κ1) is 28.2. The van der Waals surface area contributed by atoms with Crippen LogP contribution < -0.4 is 14.5 Å². The Morgan fingerprint density at radius 3 is 2.56 bits per heavy atom. The molecular formula is C35H34N2O4S2. The molecule has 2 aliphatic heterocycles. The minimum atomic E-state index is -4.26. The Morgan fingerprint density at radius 1 is 1.02 bits per heavy atom. The molecule has 4 aromatic carbocycles. The molecule has 0 saturated heterocycles. The van der Waals surface area contributed by atoms with Crippen molar-refractivity contribution in [2.75, 3.05) is 24.2 Å². The number of nitrogens with zero attached hydrogens (tertiary/aromatic N) is 1. The van der Waals surface area contributed by atoms with E-state index in [1.54, 1.807) is 0 Å². The van der Waals surface area contributed by atoms with Gasteiger partial charge in [0.1, 0.15) is 0 Å². The number of hydrogen-bond acceptors (Lipinski definition) is 6. The fraction of sp³-hybridized carbons (Fsp3) is 0.257. The van der Waals surface area contributed by atoms with Crippen LogP contribution in [0.15, 0.2) is 113 Å². The molecule has 1 N–H and O–H groups in total. The van der Waals surface area contributed by atoms with Gasteiger partial charge >= 0.3 is 0 Å². The summed E-state index contributed by atoms with van der Waals surface area (Å²) in [6.45, 7) is 2.86. The van der Waals surface area contributed by atoms with Crippen molar-refractivity contribution in [3.8, 4) is 5.75 Å². The molecule has 6 nitrogen and oxygen atoms in total. The first-order valence-electron chi connectivity index (χ1n) is 14.8. The molecule has 3 atom stereocenters. The highest BCUT2D eigenvalue weighted by Gasteiger charge is 2.36. The molecule has 0 saturated carbocycles. The largest absolute Gasteiger partial charge is 0.748 e. The number of quaternary nitrogens is 1. The van der Waals surface area contributed by atoms with Crippen molar-refractivity contribution in [1.29, 1.82) is 0 Å². The lowest BCUT2D eigenvalue weighted by Gasteiger charge is -2.24. The lowest BCUT2D eigenvalue weighted by atomic mass is 9.86. The summed E-state index contributed by atoms with van der Waals surface area (Å²) in [4.78, 5) is 4.54. The second-order valence-corrected chi connectivity index (χ2v) is 14.6. The number of benzene rings is 4. The lowest BCUT2D eigenvalue weighted by molar-refractivity contribution is -0.834. The van der Waals surface area contributed by atoms with Gasteiger partial charge in [-0.15, -0.1) is 0 Å². The van der Waals surface area contributed by atoms with Gasteiger partial charge in [-0.2, -0.15) is 0 Å². The third-order valence-electron chi connectivity index (χ3n) is 8.60. The normalized spacial score (nSPS) is 23.6. The van der Waals surface area contributed by atoms with Crippen LogP contribution in [0.3, 0.4) is 0 Å². The van der Waals surface area contributed by atoms with Gasteiger partial charge in [-0.25, -0.2) is 8.42 Å². The first-order chi connectivity index (χ1) is 20.7. The minimum absolute atomic E-state index is 0.0858. The lowest BCUT2D eigenvalue weighted by Crippen LogP contribution is -3.09. The zero-order valence-electron chi connectivity index (χ0n) is 24.2. The number of ether oxygens (including phenoxy) is 1. The molecule has 220 valence electrons. The predicted octanol–water partition coefficient (Wildman–Crippen LogP) is 6.53. The van der Waals surface area contributed by atoms with E-state index in [1.165, 1.54) is 42.8 Å². The van der Waals surface area contributed by atoms with E-state index in [-0.39, 0.29) is 11.1 Å². The average molecular weight is 611 g/mol. The molecule has 3 unspecified atom stereocenters. The van der Waals surface area contributed by atoms with Crippen molar-refractivity contribution >= 4 is 54.8 Å². The second kappa shape index (κ2) is 11.2. The molecule has 0 radical (unpaired) electrons. The van der Waals surface area contributed by atoms with Crippen molar-refractivity contribution in [3.63, 3.8) is 0 Å². The average Bonchev–Trinajstić information content (AvgIpc) is 3.47. The van der Waals surface area contributed by atoms with Crippen LogP contribution in [0.1, 0.15) is 26.2 Å². The van der Waals surface area contributed by atoms with E-state index in [2.05, 4.69) is 91.7 Å². The van der Waals surface area contributed by atoms with Crippen LogP contribution in [-0.4, -0.2) is 37.7 Å². The van der Waals surface area contributed by atoms with Crippen molar-refractivity contribution < 1.29 is 22.6 Å². The van der Waals surface area contributed by atoms with Crippen molar-refractivity contribution in [2.24, 2.45) is 5.92 Å². The summed E-state index contributed by atoms with van der Waals surface area (Å²) in [7, 11) is -2.21. The third kappa shape index (κ3) is 5.72. The zero-order valence-corrected chi connectivity index (χ0v) is 25.9. The summed E-state index contributed by atoms with van der Waals surface area (Å²) < 4.78 is 40.6. The number of fused-ring (bicyclic) bond motifs is 5. The van der Waals surface area contributed by atoms with Crippen molar-refractivity contribution in [2.45, 2.75) is 36.5 Å². The van der Waals surface area contributed by atoms with E-state index < -0.39 is 10.1 Å². The monoisotopic (exact) mass is 610 g/mol. The fourth-order valence-corrected chi connectivity index (χ4v) is 8.55. The van der Waals surface area contributed by atoms with Crippen molar-refractivity contribution in [3.05, 3.63) is 108 Å². The van der Waals surface area contributed by atoms with Gasteiger partial charge in [0.25, 0.3) is 0 Å². The number of nitrogens with one attached hydrogen (secondary N) is 1. The molecule has 3 aliphatic rings. The second-order valence-electron chi connectivity index (χ2n) is 11.9. The Kier molecular flexibility index (Phi) is 7.33. The number of thioether (sulfide) groups is 1. The molecule has 7 rings (SSSR count). The number of anilines is 1. The third-order valence-corrected chi connectivity index (χ3v) is 10.7. The molecular weight excluding hydrogens is 577 g/mol. The van der Waals surface area contributed by atoms with Gasteiger partial charge in [0.05, 0.1) is 27.2 Å². The molecule has 1 aliphatic carbocycles. The van der Waals surface area contributed by atoms with E-state index in [4.69, 9.17) is 4.74 Å². The van der Waals surface area contributed by atoms with E-state index in [9.17, 15) is 13.0 Å². The van der Waals surface area contributed by atoms with Gasteiger partial charge < -0.3 is 14.2 Å². The van der Waals surface area contributed by atoms with E-state index in [1.807, 2.05) is 30.0 Å². The molecule has 8 heteroatoms. The highest BCUT2D eigenvalue weighted by molar-refractivity contribution is 8.00. The molecule has 2 heterocycles. The van der Waals surface area contributed by atoms with Gasteiger partial charge in [-0.3, -0.25) is 4.90 Å². The molecule has 4 aromatic rings. The number of rotatable bonds is 6. The highest BCUT2D eigenvalue weighted by Crippen LogP contribution is 2.43. The van der Waals surface area contributed by atoms with Crippen LogP contribution in [0, 0.1) is 5.92 Å². The van der Waals surface area contributed by atoms with Crippen LogP contribution in [0.4, 0.5) is 11.4 Å². The number of hydrogen-bond donors (Lipinski definition) is 1. The van der Waals surface area contributed by atoms with E-state index in [0.29, 0.717) is 18.9 Å². The summed E-state index contributed by atoms with van der Waals surface area (Å²) in [5.74, 6) is 1.83.